The first-order chi connectivity index (χ1) is 7.52. The van der Waals surface area contributed by atoms with Gasteiger partial charge >= 0.3 is 0 Å². The van der Waals surface area contributed by atoms with Crippen LogP contribution in [-0.4, -0.2) is 15.7 Å². The van der Waals surface area contributed by atoms with Crippen LogP contribution < -0.4 is 11.0 Å². The van der Waals surface area contributed by atoms with E-state index >= 15 is 0 Å². The van der Waals surface area contributed by atoms with E-state index in [-0.39, 0.29) is 5.56 Å². The average Bonchev–Trinajstić information content (AvgIpc) is 2.23. The highest BCUT2D eigenvalue weighted by Gasteiger charge is 2.02. The zero-order chi connectivity index (χ0) is 12.1. The zero-order valence-corrected chi connectivity index (χ0v) is 10.2. The summed E-state index contributed by atoms with van der Waals surface area (Å²) in [7, 11) is 0. The lowest BCUT2D eigenvalue weighted by Crippen LogP contribution is -2.13. The Bertz CT molecular complexity index is 436. The van der Waals surface area contributed by atoms with Gasteiger partial charge < -0.3 is 0 Å². The number of aryl methyl sites for hydroxylation is 1. The number of H-pyrrole nitrogens is 1. The molecule has 0 saturated carbocycles. The molecule has 1 aromatic heterocycles. The summed E-state index contributed by atoms with van der Waals surface area (Å²) in [6, 6.07) is 1.44. The van der Waals surface area contributed by atoms with Gasteiger partial charge in [0, 0.05) is 17.5 Å². The Morgan fingerprint density at radius 3 is 2.94 bits per heavy atom. The van der Waals surface area contributed by atoms with E-state index in [1.165, 1.54) is 6.07 Å². The molecule has 88 valence electrons. The maximum Gasteiger partial charge on any atom is 0.252 e. The van der Waals surface area contributed by atoms with E-state index < -0.39 is 0 Å². The number of anilines is 1. The van der Waals surface area contributed by atoms with Crippen molar-refractivity contribution in [3.63, 3.8) is 0 Å². The largest absolute Gasteiger partial charge is 0.291 e. The van der Waals surface area contributed by atoms with Crippen LogP contribution in [0.2, 0.25) is 0 Å². The van der Waals surface area contributed by atoms with E-state index in [1.54, 1.807) is 6.92 Å². The van der Waals surface area contributed by atoms with Gasteiger partial charge in [-0.15, -0.1) is 0 Å². The SMILES string of the molecule is CC[C@H](C)/C(C)=N\Nc1nc(C)cc(=O)[nH]1. The van der Waals surface area contributed by atoms with Crippen LogP contribution in [0.3, 0.4) is 0 Å². The second-order valence-electron chi connectivity index (χ2n) is 3.91. The van der Waals surface area contributed by atoms with Crippen LogP contribution in [0.25, 0.3) is 0 Å². The summed E-state index contributed by atoms with van der Waals surface area (Å²) >= 11 is 0. The van der Waals surface area contributed by atoms with Crippen LogP contribution in [0.1, 0.15) is 32.9 Å². The Balaban J connectivity index is 2.78. The molecule has 0 fully saturated rings. The maximum absolute atomic E-state index is 11.2. The highest BCUT2D eigenvalue weighted by Crippen LogP contribution is 2.04. The smallest absolute Gasteiger partial charge is 0.252 e. The van der Waals surface area contributed by atoms with Crippen molar-refractivity contribution in [2.45, 2.75) is 34.1 Å². The first kappa shape index (κ1) is 12.4. The number of nitrogens with one attached hydrogen (secondary N) is 2. The van der Waals surface area contributed by atoms with Crippen molar-refractivity contribution in [2.75, 3.05) is 5.43 Å². The number of hydrogen-bond acceptors (Lipinski definition) is 4. The van der Waals surface area contributed by atoms with E-state index in [9.17, 15) is 4.79 Å². The predicted octanol–water partition coefficient (Wildman–Crippen LogP) is 1.91. The number of aromatic amines is 1. The molecule has 16 heavy (non-hydrogen) atoms. The zero-order valence-electron chi connectivity index (χ0n) is 10.2. The number of aromatic nitrogens is 2. The summed E-state index contributed by atoms with van der Waals surface area (Å²) in [4.78, 5) is 17.9. The third-order valence-electron chi connectivity index (χ3n) is 2.53. The average molecular weight is 222 g/mol. The summed E-state index contributed by atoms with van der Waals surface area (Å²) in [5.41, 5.74) is 4.25. The van der Waals surface area contributed by atoms with Crippen LogP contribution in [0.5, 0.6) is 0 Å². The molecule has 0 aliphatic heterocycles. The van der Waals surface area contributed by atoms with E-state index in [2.05, 4.69) is 34.3 Å². The van der Waals surface area contributed by atoms with Crippen molar-refractivity contribution in [3.8, 4) is 0 Å². The monoisotopic (exact) mass is 222 g/mol. The van der Waals surface area contributed by atoms with Crippen molar-refractivity contribution in [2.24, 2.45) is 11.0 Å². The van der Waals surface area contributed by atoms with Gasteiger partial charge in [-0.2, -0.15) is 5.10 Å². The summed E-state index contributed by atoms with van der Waals surface area (Å²) in [6.45, 7) is 7.93. The van der Waals surface area contributed by atoms with Gasteiger partial charge in [-0.3, -0.25) is 9.78 Å². The van der Waals surface area contributed by atoms with E-state index in [0.29, 0.717) is 17.6 Å². The molecule has 1 rings (SSSR count). The normalized spacial score (nSPS) is 13.6. The fraction of sp³-hybridized carbons (Fsp3) is 0.545. The summed E-state index contributed by atoms with van der Waals surface area (Å²) in [5.74, 6) is 0.802. The summed E-state index contributed by atoms with van der Waals surface area (Å²) in [6.07, 6.45) is 1.04. The molecule has 0 spiro atoms. The van der Waals surface area contributed by atoms with Crippen LogP contribution in [0, 0.1) is 12.8 Å². The highest BCUT2D eigenvalue weighted by molar-refractivity contribution is 5.84. The minimum Gasteiger partial charge on any atom is -0.291 e. The second kappa shape index (κ2) is 5.44. The Kier molecular flexibility index (Phi) is 4.22. The van der Waals surface area contributed by atoms with Crippen molar-refractivity contribution in [1.82, 2.24) is 9.97 Å². The number of hydrazone groups is 1. The first-order valence-corrected chi connectivity index (χ1v) is 5.41. The van der Waals surface area contributed by atoms with E-state index in [4.69, 9.17) is 0 Å². The van der Waals surface area contributed by atoms with Gasteiger partial charge in [0.05, 0.1) is 0 Å². The lowest BCUT2D eigenvalue weighted by atomic mass is 10.1. The molecule has 1 atom stereocenters. The topological polar surface area (TPSA) is 70.1 Å². The van der Waals surface area contributed by atoms with Crippen LogP contribution >= 0.6 is 0 Å². The fourth-order valence-electron chi connectivity index (χ4n) is 1.18. The van der Waals surface area contributed by atoms with Gasteiger partial charge in [0.15, 0.2) is 0 Å². The predicted molar refractivity (Wildman–Crippen MR) is 65.8 cm³/mol. The van der Waals surface area contributed by atoms with Crippen molar-refractivity contribution >= 4 is 11.7 Å². The van der Waals surface area contributed by atoms with Gasteiger partial charge in [0.1, 0.15) is 0 Å². The molecular weight excluding hydrogens is 204 g/mol. The van der Waals surface area contributed by atoms with E-state index in [1.807, 2.05) is 6.92 Å². The Morgan fingerprint density at radius 1 is 1.69 bits per heavy atom. The van der Waals surface area contributed by atoms with Crippen molar-refractivity contribution in [3.05, 3.63) is 22.1 Å². The standard InChI is InChI=1S/C11H18N4O/c1-5-7(2)9(4)14-15-11-12-8(3)6-10(16)13-11/h6-7H,5H2,1-4H3,(H2,12,13,15,16)/b14-9-/t7-/m0/s1. The number of hydrogen-bond donors (Lipinski definition) is 2. The lowest BCUT2D eigenvalue weighted by Gasteiger charge is -2.08. The van der Waals surface area contributed by atoms with Gasteiger partial charge in [-0.1, -0.05) is 13.8 Å². The molecule has 1 aromatic rings. The highest BCUT2D eigenvalue weighted by atomic mass is 16.1. The minimum atomic E-state index is -0.175. The molecule has 1 heterocycles. The number of rotatable bonds is 4. The van der Waals surface area contributed by atoms with Gasteiger partial charge in [-0.25, -0.2) is 10.4 Å². The molecule has 2 N–H and O–H groups in total. The van der Waals surface area contributed by atoms with Gasteiger partial charge in [0.2, 0.25) is 5.95 Å². The van der Waals surface area contributed by atoms with Gasteiger partial charge in [-0.05, 0) is 26.2 Å². The Hall–Kier alpha value is -1.65. The van der Waals surface area contributed by atoms with Gasteiger partial charge in [0.25, 0.3) is 5.56 Å². The third-order valence-corrected chi connectivity index (χ3v) is 2.53. The lowest BCUT2D eigenvalue weighted by molar-refractivity contribution is 0.734. The van der Waals surface area contributed by atoms with Crippen LogP contribution in [0.15, 0.2) is 16.0 Å². The third kappa shape index (κ3) is 3.49. The van der Waals surface area contributed by atoms with Crippen LogP contribution in [0.4, 0.5) is 5.95 Å². The molecular formula is C11H18N4O. The molecule has 0 amide bonds. The fourth-order valence-corrected chi connectivity index (χ4v) is 1.18. The molecule has 0 unspecified atom stereocenters. The molecule has 0 radical (unpaired) electrons. The van der Waals surface area contributed by atoms with Crippen molar-refractivity contribution in [1.29, 1.82) is 0 Å². The first-order valence-electron chi connectivity index (χ1n) is 5.41. The maximum atomic E-state index is 11.2. The molecule has 5 nitrogen and oxygen atoms in total. The molecule has 0 saturated heterocycles. The summed E-state index contributed by atoms with van der Waals surface area (Å²) in [5, 5.41) is 4.18. The quantitative estimate of drug-likeness (QED) is 0.604. The second-order valence-corrected chi connectivity index (χ2v) is 3.91. The molecule has 0 aliphatic rings. The summed E-state index contributed by atoms with van der Waals surface area (Å²) < 4.78 is 0. The molecule has 0 aromatic carbocycles. The van der Waals surface area contributed by atoms with E-state index in [0.717, 1.165) is 12.1 Å². The molecule has 5 heteroatoms. The van der Waals surface area contributed by atoms with Crippen molar-refractivity contribution < 1.29 is 0 Å². The Labute approximate surface area is 95.0 Å². The Morgan fingerprint density at radius 2 is 2.38 bits per heavy atom. The minimum absolute atomic E-state index is 0.175. The molecule has 0 bridgehead atoms. The number of nitrogens with zero attached hydrogens (tertiary/aromatic N) is 2. The molecule has 0 aliphatic carbocycles. The van der Waals surface area contributed by atoms with Crippen LogP contribution in [-0.2, 0) is 0 Å².